The van der Waals surface area contributed by atoms with Crippen LogP contribution in [0.1, 0.15) is 33.3 Å². The van der Waals surface area contributed by atoms with E-state index in [0.717, 1.165) is 5.56 Å². The maximum absolute atomic E-state index is 11.6. The molecule has 0 aromatic heterocycles. The van der Waals surface area contributed by atoms with E-state index in [1.165, 1.54) is 13.0 Å². The molecule has 124 valence electrons. The lowest BCUT2D eigenvalue weighted by Gasteiger charge is -2.19. The molecule has 2 N–H and O–H groups in total. The van der Waals surface area contributed by atoms with Crippen molar-refractivity contribution in [3.05, 3.63) is 35.9 Å². The van der Waals surface area contributed by atoms with Gasteiger partial charge >= 0.3 is 5.97 Å². The minimum absolute atomic E-state index is 0.144. The fourth-order valence-corrected chi connectivity index (χ4v) is 1.65. The topological polar surface area (TPSA) is 84.5 Å². The Morgan fingerprint density at radius 1 is 1.13 bits per heavy atom. The Bertz CT molecular complexity index is 598. The third kappa shape index (κ3) is 8.40. The van der Waals surface area contributed by atoms with Gasteiger partial charge in [-0.2, -0.15) is 0 Å². The van der Waals surface area contributed by atoms with Crippen molar-refractivity contribution in [3.8, 4) is 0 Å². The summed E-state index contributed by atoms with van der Waals surface area (Å²) in [6.07, 6.45) is 2.94. The maximum atomic E-state index is 11.6. The van der Waals surface area contributed by atoms with E-state index in [9.17, 15) is 14.4 Å². The Balaban J connectivity index is 2.46. The highest BCUT2D eigenvalue weighted by molar-refractivity contribution is 5.94. The van der Waals surface area contributed by atoms with Crippen LogP contribution in [0.4, 0.5) is 5.69 Å². The Morgan fingerprint density at radius 2 is 1.74 bits per heavy atom. The highest BCUT2D eigenvalue weighted by Crippen LogP contribution is 2.10. The lowest BCUT2D eigenvalue weighted by atomic mass is 10.2. The number of rotatable bonds is 5. The van der Waals surface area contributed by atoms with E-state index in [1.54, 1.807) is 51.1 Å². The minimum atomic E-state index is -0.576. The molecule has 0 bridgehead atoms. The van der Waals surface area contributed by atoms with Crippen molar-refractivity contribution in [1.82, 2.24) is 5.32 Å². The zero-order valence-corrected chi connectivity index (χ0v) is 13.8. The second-order valence-electron chi connectivity index (χ2n) is 5.94. The molecule has 0 spiro atoms. The fraction of sp³-hybridized carbons (Fsp3) is 0.353. The van der Waals surface area contributed by atoms with Gasteiger partial charge in [-0.05, 0) is 44.5 Å². The van der Waals surface area contributed by atoms with Gasteiger partial charge in [0.1, 0.15) is 12.1 Å². The summed E-state index contributed by atoms with van der Waals surface area (Å²) in [5.41, 5.74) is 0.906. The van der Waals surface area contributed by atoms with Crippen LogP contribution in [-0.4, -0.2) is 29.9 Å². The first-order chi connectivity index (χ1) is 10.7. The van der Waals surface area contributed by atoms with Crippen molar-refractivity contribution < 1.29 is 19.1 Å². The van der Waals surface area contributed by atoms with Gasteiger partial charge < -0.3 is 15.4 Å². The van der Waals surface area contributed by atoms with E-state index >= 15 is 0 Å². The van der Waals surface area contributed by atoms with Gasteiger partial charge in [-0.1, -0.05) is 12.1 Å². The number of benzene rings is 1. The molecule has 0 radical (unpaired) electrons. The molecule has 0 saturated carbocycles. The van der Waals surface area contributed by atoms with E-state index < -0.39 is 11.6 Å². The largest absolute Gasteiger partial charge is 0.459 e. The average molecular weight is 318 g/mol. The predicted molar refractivity (Wildman–Crippen MR) is 88.6 cm³/mol. The van der Waals surface area contributed by atoms with E-state index in [0.29, 0.717) is 5.69 Å². The van der Waals surface area contributed by atoms with Gasteiger partial charge in [0.15, 0.2) is 0 Å². The van der Waals surface area contributed by atoms with Crippen LogP contribution in [0, 0.1) is 0 Å². The SMILES string of the molecule is CC(=O)Nc1ccc(C=CC(=O)NCC(=O)OC(C)(C)C)cc1. The Hall–Kier alpha value is -2.63. The average Bonchev–Trinajstić information content (AvgIpc) is 2.42. The second-order valence-corrected chi connectivity index (χ2v) is 5.94. The van der Waals surface area contributed by atoms with Gasteiger partial charge in [-0.3, -0.25) is 14.4 Å². The summed E-state index contributed by atoms with van der Waals surface area (Å²) < 4.78 is 5.08. The van der Waals surface area contributed by atoms with Gasteiger partial charge in [-0.25, -0.2) is 0 Å². The first-order valence-corrected chi connectivity index (χ1v) is 7.21. The molecule has 6 nitrogen and oxygen atoms in total. The molecule has 6 heteroatoms. The van der Waals surface area contributed by atoms with Crippen molar-refractivity contribution in [1.29, 1.82) is 0 Å². The number of hydrogen-bond acceptors (Lipinski definition) is 4. The normalized spacial score (nSPS) is 11.1. The predicted octanol–water partition coefficient (Wildman–Crippen LogP) is 2.12. The van der Waals surface area contributed by atoms with E-state index in [-0.39, 0.29) is 18.4 Å². The molecule has 23 heavy (non-hydrogen) atoms. The van der Waals surface area contributed by atoms with Crippen LogP contribution in [0.15, 0.2) is 30.3 Å². The summed E-state index contributed by atoms with van der Waals surface area (Å²) >= 11 is 0. The summed E-state index contributed by atoms with van der Waals surface area (Å²) in [4.78, 5) is 34.0. The molecule has 1 rings (SSSR count). The number of hydrogen-bond donors (Lipinski definition) is 2. The van der Waals surface area contributed by atoms with Crippen LogP contribution in [0.25, 0.3) is 6.08 Å². The quantitative estimate of drug-likeness (QED) is 0.643. The van der Waals surface area contributed by atoms with E-state index in [2.05, 4.69) is 10.6 Å². The number of esters is 1. The molecule has 1 aromatic carbocycles. The van der Waals surface area contributed by atoms with Gasteiger partial charge in [-0.15, -0.1) is 0 Å². The molecular weight excluding hydrogens is 296 g/mol. The van der Waals surface area contributed by atoms with Crippen molar-refractivity contribution >= 4 is 29.5 Å². The smallest absolute Gasteiger partial charge is 0.325 e. The van der Waals surface area contributed by atoms with Crippen LogP contribution in [0.3, 0.4) is 0 Å². The first-order valence-electron chi connectivity index (χ1n) is 7.21. The third-order valence-corrected chi connectivity index (χ3v) is 2.49. The fourth-order valence-electron chi connectivity index (χ4n) is 1.65. The zero-order valence-electron chi connectivity index (χ0n) is 13.8. The molecule has 0 heterocycles. The highest BCUT2D eigenvalue weighted by Gasteiger charge is 2.16. The monoisotopic (exact) mass is 318 g/mol. The first kappa shape index (κ1) is 18.4. The molecule has 0 aliphatic rings. The van der Waals surface area contributed by atoms with Crippen molar-refractivity contribution in [2.75, 3.05) is 11.9 Å². The zero-order chi connectivity index (χ0) is 17.5. The third-order valence-electron chi connectivity index (χ3n) is 2.49. The van der Waals surface area contributed by atoms with Crippen LogP contribution in [-0.2, 0) is 19.1 Å². The van der Waals surface area contributed by atoms with Crippen LogP contribution < -0.4 is 10.6 Å². The second kappa shape index (κ2) is 8.12. The maximum Gasteiger partial charge on any atom is 0.325 e. The summed E-state index contributed by atoms with van der Waals surface area (Å²) in [6.45, 7) is 6.54. The highest BCUT2D eigenvalue weighted by atomic mass is 16.6. The number of nitrogens with one attached hydrogen (secondary N) is 2. The van der Waals surface area contributed by atoms with Gasteiger partial charge in [0.2, 0.25) is 11.8 Å². The van der Waals surface area contributed by atoms with Gasteiger partial charge in [0.05, 0.1) is 0 Å². The number of carbonyl (C=O) groups is 3. The molecule has 0 saturated heterocycles. The molecule has 2 amide bonds. The standard InChI is InChI=1S/C17H22N2O4/c1-12(20)19-14-8-5-13(6-9-14)7-10-15(21)18-11-16(22)23-17(2,3)4/h5-10H,11H2,1-4H3,(H,18,21)(H,19,20). The van der Waals surface area contributed by atoms with E-state index in [1.807, 2.05) is 0 Å². The van der Waals surface area contributed by atoms with Gasteiger partial charge in [0, 0.05) is 18.7 Å². The van der Waals surface area contributed by atoms with Crippen molar-refractivity contribution in [2.45, 2.75) is 33.3 Å². The number of amides is 2. The summed E-state index contributed by atoms with van der Waals surface area (Å²) in [7, 11) is 0. The Labute approximate surface area is 135 Å². The Kier molecular flexibility index (Phi) is 6.50. The minimum Gasteiger partial charge on any atom is -0.459 e. The summed E-state index contributed by atoms with van der Waals surface area (Å²) in [5, 5.41) is 5.11. The van der Waals surface area contributed by atoms with Crippen molar-refractivity contribution in [2.24, 2.45) is 0 Å². The molecule has 0 fully saturated rings. The number of ether oxygens (including phenoxy) is 1. The lowest BCUT2D eigenvalue weighted by molar-refractivity contribution is -0.154. The number of anilines is 1. The molecule has 0 atom stereocenters. The molecular formula is C17H22N2O4. The molecule has 1 aromatic rings. The van der Waals surface area contributed by atoms with Crippen LogP contribution >= 0.6 is 0 Å². The van der Waals surface area contributed by atoms with Gasteiger partial charge in [0.25, 0.3) is 0 Å². The van der Waals surface area contributed by atoms with Crippen LogP contribution in [0.5, 0.6) is 0 Å². The molecule has 0 aliphatic carbocycles. The lowest BCUT2D eigenvalue weighted by Crippen LogP contribution is -2.33. The Morgan fingerprint density at radius 3 is 2.26 bits per heavy atom. The van der Waals surface area contributed by atoms with Crippen molar-refractivity contribution in [3.63, 3.8) is 0 Å². The number of carbonyl (C=O) groups excluding carboxylic acids is 3. The molecule has 0 aliphatic heterocycles. The molecule has 0 unspecified atom stereocenters. The van der Waals surface area contributed by atoms with Crippen LogP contribution in [0.2, 0.25) is 0 Å². The van der Waals surface area contributed by atoms with E-state index in [4.69, 9.17) is 4.74 Å². The summed E-state index contributed by atoms with van der Waals surface area (Å²) in [5.74, 6) is -1.02. The summed E-state index contributed by atoms with van der Waals surface area (Å²) in [6, 6.07) is 7.01.